The van der Waals surface area contributed by atoms with E-state index in [2.05, 4.69) is 5.32 Å². The third-order valence-corrected chi connectivity index (χ3v) is 2.19. The fraction of sp³-hybridized carbons (Fsp3) is 0.400. The van der Waals surface area contributed by atoms with Gasteiger partial charge in [-0.05, 0) is 24.3 Å². The van der Waals surface area contributed by atoms with Crippen molar-refractivity contribution in [2.75, 3.05) is 19.7 Å². The van der Waals surface area contributed by atoms with E-state index in [1.807, 2.05) is 0 Å². The van der Waals surface area contributed by atoms with Crippen LogP contribution in [0.5, 0.6) is 11.5 Å². The molecule has 1 aromatic carbocycles. The van der Waals surface area contributed by atoms with Crippen molar-refractivity contribution in [2.45, 2.75) is 0 Å². The van der Waals surface area contributed by atoms with Crippen LogP contribution in [-0.4, -0.2) is 24.8 Å². The molecule has 0 unspecified atom stereocenters. The molecule has 1 heterocycles. The first-order valence-electron chi connectivity index (χ1n) is 4.47. The number of phenolic OH excluding ortho intramolecular Hbond substituents is 1. The Labute approximate surface area is 89.5 Å². The Morgan fingerprint density at radius 3 is 2.43 bits per heavy atom. The van der Waals surface area contributed by atoms with Crippen molar-refractivity contribution in [3.8, 4) is 11.5 Å². The van der Waals surface area contributed by atoms with Crippen LogP contribution in [0.2, 0.25) is 0 Å². The van der Waals surface area contributed by atoms with Gasteiger partial charge >= 0.3 is 0 Å². The van der Waals surface area contributed by atoms with Gasteiger partial charge in [0.25, 0.3) is 0 Å². The summed E-state index contributed by atoms with van der Waals surface area (Å²) in [7, 11) is 0. The highest BCUT2D eigenvalue weighted by Gasteiger charge is 2.16. The van der Waals surface area contributed by atoms with Crippen LogP contribution < -0.4 is 10.1 Å². The molecule has 2 N–H and O–H groups in total. The number of benzene rings is 1. The Bertz CT molecular complexity index is 272. The Hall–Kier alpha value is -0.930. The molecule has 0 aromatic heterocycles. The lowest BCUT2D eigenvalue weighted by atomic mass is 10.1. The van der Waals surface area contributed by atoms with E-state index in [4.69, 9.17) is 9.84 Å². The molecule has 1 aromatic rings. The lowest BCUT2D eigenvalue weighted by molar-refractivity contribution is 0.199. The van der Waals surface area contributed by atoms with E-state index in [1.165, 1.54) is 0 Å². The first-order valence-corrected chi connectivity index (χ1v) is 4.47. The molecule has 0 bridgehead atoms. The molecule has 1 saturated heterocycles. The maximum Gasteiger partial charge on any atom is 0.119 e. The van der Waals surface area contributed by atoms with Gasteiger partial charge in [0.05, 0.1) is 6.61 Å². The molecular formula is C10H14ClNO2. The molecule has 0 amide bonds. The summed E-state index contributed by atoms with van der Waals surface area (Å²) in [5.74, 6) is 1.75. The van der Waals surface area contributed by atoms with Gasteiger partial charge in [-0.3, -0.25) is 0 Å². The summed E-state index contributed by atoms with van der Waals surface area (Å²) in [4.78, 5) is 0. The first-order chi connectivity index (χ1) is 6.34. The molecule has 3 nitrogen and oxygen atoms in total. The smallest absolute Gasteiger partial charge is 0.119 e. The second kappa shape index (κ2) is 5.08. The number of rotatable bonds is 3. The average molecular weight is 216 g/mol. The summed E-state index contributed by atoms with van der Waals surface area (Å²) in [5, 5.41) is 12.2. The highest BCUT2D eigenvalue weighted by molar-refractivity contribution is 5.85. The molecule has 0 spiro atoms. The summed E-state index contributed by atoms with van der Waals surface area (Å²) in [6.07, 6.45) is 0. The van der Waals surface area contributed by atoms with Gasteiger partial charge < -0.3 is 15.2 Å². The van der Waals surface area contributed by atoms with Crippen LogP contribution in [0.3, 0.4) is 0 Å². The van der Waals surface area contributed by atoms with Gasteiger partial charge in [-0.15, -0.1) is 12.4 Å². The van der Waals surface area contributed by atoms with E-state index in [0.29, 0.717) is 5.92 Å². The maximum absolute atomic E-state index is 9.03. The van der Waals surface area contributed by atoms with Crippen LogP contribution in [0.15, 0.2) is 24.3 Å². The van der Waals surface area contributed by atoms with Crippen molar-refractivity contribution in [3.63, 3.8) is 0 Å². The Balaban J connectivity index is 0.000000980. The van der Waals surface area contributed by atoms with Crippen molar-refractivity contribution < 1.29 is 9.84 Å². The Morgan fingerprint density at radius 2 is 1.93 bits per heavy atom. The topological polar surface area (TPSA) is 41.5 Å². The summed E-state index contributed by atoms with van der Waals surface area (Å²) in [6, 6.07) is 6.82. The van der Waals surface area contributed by atoms with Gasteiger partial charge in [0.15, 0.2) is 0 Å². The molecule has 0 atom stereocenters. The molecule has 2 rings (SSSR count). The first kappa shape index (κ1) is 11.1. The number of hydrogen-bond donors (Lipinski definition) is 2. The predicted octanol–water partition coefficient (Wildman–Crippen LogP) is 1.41. The zero-order valence-electron chi connectivity index (χ0n) is 7.77. The van der Waals surface area contributed by atoms with Crippen molar-refractivity contribution >= 4 is 12.4 Å². The predicted molar refractivity (Wildman–Crippen MR) is 57.2 cm³/mol. The van der Waals surface area contributed by atoms with Gasteiger partial charge in [-0.25, -0.2) is 0 Å². The molecule has 0 aliphatic carbocycles. The molecule has 1 aliphatic heterocycles. The molecule has 1 fully saturated rings. The van der Waals surface area contributed by atoms with Gasteiger partial charge in [0, 0.05) is 19.0 Å². The van der Waals surface area contributed by atoms with E-state index in [0.717, 1.165) is 25.4 Å². The zero-order chi connectivity index (χ0) is 9.10. The number of hydrogen-bond acceptors (Lipinski definition) is 3. The van der Waals surface area contributed by atoms with Crippen molar-refractivity contribution in [1.82, 2.24) is 5.32 Å². The van der Waals surface area contributed by atoms with Gasteiger partial charge in [0.1, 0.15) is 11.5 Å². The average Bonchev–Trinajstić information content (AvgIpc) is 2.05. The SMILES string of the molecule is Cl.Oc1ccc(OCC2CNC2)cc1. The van der Waals surface area contributed by atoms with E-state index >= 15 is 0 Å². The largest absolute Gasteiger partial charge is 0.508 e. The van der Waals surface area contributed by atoms with Gasteiger partial charge in [-0.1, -0.05) is 0 Å². The highest BCUT2D eigenvalue weighted by Crippen LogP contribution is 2.17. The van der Waals surface area contributed by atoms with Crippen molar-refractivity contribution in [3.05, 3.63) is 24.3 Å². The second-order valence-electron chi connectivity index (χ2n) is 3.33. The lowest BCUT2D eigenvalue weighted by Crippen LogP contribution is -2.45. The second-order valence-corrected chi connectivity index (χ2v) is 3.33. The Morgan fingerprint density at radius 1 is 1.29 bits per heavy atom. The molecule has 0 radical (unpaired) electrons. The summed E-state index contributed by atoms with van der Waals surface area (Å²) < 4.78 is 5.51. The summed E-state index contributed by atoms with van der Waals surface area (Å²) in [5.41, 5.74) is 0. The van der Waals surface area contributed by atoms with E-state index in [1.54, 1.807) is 24.3 Å². The third kappa shape index (κ3) is 2.79. The molecular weight excluding hydrogens is 202 g/mol. The monoisotopic (exact) mass is 215 g/mol. The van der Waals surface area contributed by atoms with Gasteiger partial charge in [0.2, 0.25) is 0 Å². The highest BCUT2D eigenvalue weighted by atomic mass is 35.5. The molecule has 1 aliphatic rings. The molecule has 14 heavy (non-hydrogen) atoms. The van der Waals surface area contributed by atoms with E-state index in [9.17, 15) is 0 Å². The Kier molecular flexibility index (Phi) is 4.04. The van der Waals surface area contributed by atoms with Crippen molar-refractivity contribution in [1.29, 1.82) is 0 Å². The number of halogens is 1. The maximum atomic E-state index is 9.03. The van der Waals surface area contributed by atoms with Crippen LogP contribution >= 0.6 is 12.4 Å². The molecule has 78 valence electrons. The number of aromatic hydroxyl groups is 1. The zero-order valence-corrected chi connectivity index (χ0v) is 8.59. The standard InChI is InChI=1S/C10H13NO2.ClH/c12-9-1-3-10(4-2-9)13-7-8-5-11-6-8;/h1-4,8,11-12H,5-7H2;1H. The third-order valence-electron chi connectivity index (χ3n) is 2.19. The van der Waals surface area contributed by atoms with Crippen LogP contribution in [0.25, 0.3) is 0 Å². The normalized spacial score (nSPS) is 15.4. The fourth-order valence-corrected chi connectivity index (χ4v) is 1.22. The van der Waals surface area contributed by atoms with Crippen LogP contribution in [0.4, 0.5) is 0 Å². The molecule has 4 heteroatoms. The van der Waals surface area contributed by atoms with E-state index in [-0.39, 0.29) is 18.2 Å². The number of phenols is 1. The van der Waals surface area contributed by atoms with Crippen LogP contribution in [0, 0.1) is 5.92 Å². The van der Waals surface area contributed by atoms with Crippen LogP contribution in [-0.2, 0) is 0 Å². The quantitative estimate of drug-likeness (QED) is 0.801. The minimum Gasteiger partial charge on any atom is -0.508 e. The van der Waals surface area contributed by atoms with Crippen LogP contribution in [0.1, 0.15) is 0 Å². The lowest BCUT2D eigenvalue weighted by Gasteiger charge is -2.26. The molecule has 0 saturated carbocycles. The number of ether oxygens (including phenoxy) is 1. The minimum atomic E-state index is 0. The fourth-order valence-electron chi connectivity index (χ4n) is 1.22. The van der Waals surface area contributed by atoms with Gasteiger partial charge in [-0.2, -0.15) is 0 Å². The summed E-state index contributed by atoms with van der Waals surface area (Å²) >= 11 is 0. The van der Waals surface area contributed by atoms with E-state index < -0.39 is 0 Å². The number of nitrogens with one attached hydrogen (secondary N) is 1. The van der Waals surface area contributed by atoms with Crippen molar-refractivity contribution in [2.24, 2.45) is 5.92 Å². The minimum absolute atomic E-state index is 0. The summed E-state index contributed by atoms with van der Waals surface area (Å²) in [6.45, 7) is 2.87.